The van der Waals surface area contributed by atoms with Crippen molar-refractivity contribution in [2.75, 3.05) is 6.61 Å². The van der Waals surface area contributed by atoms with Gasteiger partial charge in [-0.25, -0.2) is 13.9 Å². The van der Waals surface area contributed by atoms with Crippen LogP contribution in [0.15, 0.2) is 54.6 Å². The lowest BCUT2D eigenvalue weighted by molar-refractivity contribution is -0.144. The number of aryl methyl sites for hydroxylation is 2. The smallest absolute Gasteiger partial charge is 0.331 e. The minimum absolute atomic E-state index is 0.222. The topological polar surface area (TPSA) is 102 Å². The molecule has 1 aromatic heterocycles. The zero-order valence-electron chi connectivity index (χ0n) is 17.8. The van der Waals surface area contributed by atoms with E-state index >= 15 is 0 Å². The Kier molecular flexibility index (Phi) is 7.57. The van der Waals surface area contributed by atoms with Crippen molar-refractivity contribution in [3.05, 3.63) is 88.0 Å². The summed E-state index contributed by atoms with van der Waals surface area (Å²) in [6.07, 6.45) is 2.51. The number of hydrogen-bond acceptors (Lipinski definition) is 5. The van der Waals surface area contributed by atoms with E-state index in [1.165, 1.54) is 35.0 Å². The molecule has 3 aromatic rings. The highest BCUT2D eigenvalue weighted by Crippen LogP contribution is 2.24. The molecule has 0 bridgehead atoms. The van der Waals surface area contributed by atoms with Gasteiger partial charge in [-0.3, -0.25) is 20.4 Å². The molecule has 0 radical (unpaired) electrons. The largest absolute Gasteiger partial charge is 0.452 e. The Labute approximate surface area is 194 Å². The van der Waals surface area contributed by atoms with E-state index in [1.807, 2.05) is 6.92 Å². The molecule has 0 saturated carbocycles. The number of esters is 1. The zero-order chi connectivity index (χ0) is 24.0. The number of hydrazine groups is 1. The van der Waals surface area contributed by atoms with Crippen molar-refractivity contribution in [1.29, 1.82) is 0 Å². The second-order valence-electron chi connectivity index (χ2n) is 6.99. The Balaban J connectivity index is 1.52. The van der Waals surface area contributed by atoms with Crippen molar-refractivity contribution in [2.24, 2.45) is 0 Å². The molecule has 0 fully saturated rings. The first-order chi connectivity index (χ1) is 15.7. The lowest BCUT2D eigenvalue weighted by Gasteiger charge is -2.07. The summed E-state index contributed by atoms with van der Waals surface area (Å²) < 4.78 is 19.4. The number of ether oxygens (including phenoxy) is 1. The van der Waals surface area contributed by atoms with Gasteiger partial charge in [-0.05, 0) is 56.3 Å². The van der Waals surface area contributed by atoms with Gasteiger partial charge in [0.25, 0.3) is 11.8 Å². The van der Waals surface area contributed by atoms with Crippen molar-refractivity contribution in [3.63, 3.8) is 0 Å². The van der Waals surface area contributed by atoms with Gasteiger partial charge in [0.1, 0.15) is 11.0 Å². The maximum Gasteiger partial charge on any atom is 0.331 e. The van der Waals surface area contributed by atoms with Crippen molar-refractivity contribution < 1.29 is 23.5 Å². The molecular weight excluding hydrogens is 451 g/mol. The first-order valence-electron chi connectivity index (χ1n) is 9.76. The van der Waals surface area contributed by atoms with Gasteiger partial charge in [0, 0.05) is 17.2 Å². The Hall–Kier alpha value is -3.98. The standard InChI is InChI=1S/C23H20ClFN4O4/c1-14-3-5-16(6-4-14)23(32)27-26-20(30)13-33-21(31)12-11-19-15(2)28-29(22(19)24)18-9-7-17(25)8-10-18/h3-12H,13H2,1-2H3,(H,26,30)(H,27,32)/b12-11+. The van der Waals surface area contributed by atoms with Crippen LogP contribution in [-0.2, 0) is 14.3 Å². The van der Waals surface area contributed by atoms with E-state index in [9.17, 15) is 18.8 Å². The van der Waals surface area contributed by atoms with E-state index in [2.05, 4.69) is 16.0 Å². The third kappa shape index (κ3) is 6.27. The number of rotatable bonds is 6. The van der Waals surface area contributed by atoms with Crippen LogP contribution >= 0.6 is 11.6 Å². The number of nitrogens with one attached hydrogen (secondary N) is 2. The van der Waals surface area contributed by atoms with Crippen LogP contribution in [0.1, 0.15) is 27.2 Å². The molecule has 0 aliphatic rings. The van der Waals surface area contributed by atoms with Gasteiger partial charge >= 0.3 is 5.97 Å². The fourth-order valence-electron chi connectivity index (χ4n) is 2.73. The highest BCUT2D eigenvalue weighted by atomic mass is 35.5. The fourth-order valence-corrected chi connectivity index (χ4v) is 3.06. The number of aromatic nitrogens is 2. The van der Waals surface area contributed by atoms with Crippen molar-refractivity contribution in [2.45, 2.75) is 13.8 Å². The summed E-state index contributed by atoms with van der Waals surface area (Å²) in [4.78, 5) is 35.7. The average molecular weight is 471 g/mol. The molecule has 0 spiro atoms. The zero-order valence-corrected chi connectivity index (χ0v) is 18.5. The lowest BCUT2D eigenvalue weighted by Crippen LogP contribution is -2.43. The molecule has 8 nitrogen and oxygen atoms in total. The van der Waals surface area contributed by atoms with Crippen LogP contribution < -0.4 is 10.9 Å². The Morgan fingerprint density at radius 2 is 1.73 bits per heavy atom. The molecular formula is C23H20ClFN4O4. The highest BCUT2D eigenvalue weighted by molar-refractivity contribution is 6.31. The van der Waals surface area contributed by atoms with Crippen LogP contribution in [0.2, 0.25) is 5.15 Å². The molecule has 1 heterocycles. The number of carbonyl (C=O) groups excluding carboxylic acids is 3. The lowest BCUT2D eigenvalue weighted by atomic mass is 10.1. The minimum Gasteiger partial charge on any atom is -0.452 e. The van der Waals surface area contributed by atoms with Gasteiger partial charge < -0.3 is 4.74 Å². The minimum atomic E-state index is -0.792. The summed E-state index contributed by atoms with van der Waals surface area (Å²) >= 11 is 6.34. The fraction of sp³-hybridized carbons (Fsp3) is 0.130. The van der Waals surface area contributed by atoms with Crippen LogP contribution in [0.3, 0.4) is 0 Å². The predicted molar refractivity (Wildman–Crippen MR) is 120 cm³/mol. The maximum atomic E-state index is 13.1. The Bertz CT molecular complexity index is 1200. The third-order valence-corrected chi connectivity index (χ3v) is 4.84. The van der Waals surface area contributed by atoms with Gasteiger partial charge in [0.15, 0.2) is 6.61 Å². The van der Waals surface area contributed by atoms with Crippen LogP contribution in [0, 0.1) is 19.7 Å². The summed E-state index contributed by atoms with van der Waals surface area (Å²) in [7, 11) is 0. The van der Waals surface area contributed by atoms with E-state index in [1.54, 1.807) is 31.2 Å². The monoisotopic (exact) mass is 470 g/mol. The molecule has 0 unspecified atom stereocenters. The van der Waals surface area contributed by atoms with E-state index in [0.717, 1.165) is 11.6 Å². The van der Waals surface area contributed by atoms with Crippen LogP contribution in [0.25, 0.3) is 11.8 Å². The van der Waals surface area contributed by atoms with Crippen LogP contribution in [-0.4, -0.2) is 34.2 Å². The second-order valence-corrected chi connectivity index (χ2v) is 7.35. The van der Waals surface area contributed by atoms with Crippen molar-refractivity contribution in [3.8, 4) is 5.69 Å². The molecule has 10 heteroatoms. The van der Waals surface area contributed by atoms with Crippen molar-refractivity contribution >= 4 is 35.5 Å². The maximum absolute atomic E-state index is 13.1. The number of amides is 2. The summed E-state index contributed by atoms with van der Waals surface area (Å²) in [5, 5.41) is 4.51. The number of benzene rings is 2. The molecule has 170 valence electrons. The summed E-state index contributed by atoms with van der Waals surface area (Å²) in [5.74, 6) is -2.39. The van der Waals surface area contributed by atoms with E-state index in [0.29, 0.717) is 22.5 Å². The van der Waals surface area contributed by atoms with E-state index in [4.69, 9.17) is 16.3 Å². The summed E-state index contributed by atoms with van der Waals surface area (Å²) in [6.45, 7) is 2.99. The van der Waals surface area contributed by atoms with Gasteiger partial charge in [-0.15, -0.1) is 0 Å². The van der Waals surface area contributed by atoms with Gasteiger partial charge in [0.2, 0.25) is 0 Å². The van der Waals surface area contributed by atoms with E-state index in [-0.39, 0.29) is 11.0 Å². The average Bonchev–Trinajstić information content (AvgIpc) is 3.08. The molecule has 33 heavy (non-hydrogen) atoms. The molecule has 0 atom stereocenters. The SMILES string of the molecule is Cc1ccc(C(=O)NNC(=O)COC(=O)/C=C/c2c(C)nn(-c3ccc(F)cc3)c2Cl)cc1. The number of hydrogen-bond donors (Lipinski definition) is 2. The molecule has 2 N–H and O–H groups in total. The van der Waals surface area contributed by atoms with Crippen molar-refractivity contribution in [1.82, 2.24) is 20.6 Å². The van der Waals surface area contributed by atoms with Gasteiger partial charge in [0.05, 0.1) is 11.4 Å². The molecule has 0 aliphatic heterocycles. The normalized spacial score (nSPS) is 10.8. The molecule has 0 aliphatic carbocycles. The Morgan fingerprint density at radius 3 is 2.39 bits per heavy atom. The Morgan fingerprint density at radius 1 is 1.06 bits per heavy atom. The van der Waals surface area contributed by atoms with Gasteiger partial charge in [-0.2, -0.15) is 5.10 Å². The molecule has 2 aromatic carbocycles. The first-order valence-corrected chi connectivity index (χ1v) is 10.1. The second kappa shape index (κ2) is 10.6. The third-order valence-electron chi connectivity index (χ3n) is 4.48. The highest BCUT2D eigenvalue weighted by Gasteiger charge is 2.14. The summed E-state index contributed by atoms with van der Waals surface area (Å²) in [5.41, 5.74) is 7.32. The van der Waals surface area contributed by atoms with Crippen LogP contribution in [0.5, 0.6) is 0 Å². The quantitative estimate of drug-likeness (QED) is 0.327. The number of halogens is 2. The predicted octanol–water partition coefficient (Wildman–Crippen LogP) is 3.30. The van der Waals surface area contributed by atoms with Crippen LogP contribution in [0.4, 0.5) is 4.39 Å². The van der Waals surface area contributed by atoms with E-state index < -0.39 is 24.4 Å². The molecule has 0 saturated heterocycles. The summed E-state index contributed by atoms with van der Waals surface area (Å²) in [6, 6.07) is 12.4. The molecule has 2 amide bonds. The van der Waals surface area contributed by atoms with Gasteiger partial charge in [-0.1, -0.05) is 29.3 Å². The first kappa shape index (κ1) is 23.7. The number of nitrogens with zero attached hydrogens (tertiary/aromatic N) is 2. The molecule has 3 rings (SSSR count). The number of carbonyl (C=O) groups is 3.